The van der Waals surface area contributed by atoms with Gasteiger partial charge in [0.15, 0.2) is 0 Å². The number of aryl methyl sites for hydroxylation is 1. The van der Waals surface area contributed by atoms with E-state index in [2.05, 4.69) is 160 Å². The van der Waals surface area contributed by atoms with E-state index in [-0.39, 0.29) is 0 Å². The van der Waals surface area contributed by atoms with Crippen molar-refractivity contribution in [3.63, 3.8) is 0 Å². The van der Waals surface area contributed by atoms with Crippen LogP contribution in [0.5, 0.6) is 0 Å². The topological polar surface area (TPSA) is 29.9 Å². The second-order valence-electron chi connectivity index (χ2n) is 13.5. The molecule has 1 unspecified atom stereocenters. The predicted molar refractivity (Wildman–Crippen MR) is 218 cm³/mol. The van der Waals surface area contributed by atoms with Crippen molar-refractivity contribution >= 4 is 38.8 Å². The standard InChI is InChI=1S/C42H36N2.C6H7N/c1-3-13-30(14-4-1)37-21-7-9-23-40(37)43-35-18-12-17-33(28-35)31-15-11-16-32(27-31)34-25-26-42-39(29-34)38-22-8-10-24-41(38)44(42)36-19-5-2-6-20-36;1-6-3-2-4-7-5-6/h1,3-5,8,10-22,24-29,40,43H,2,6-7,9,23H2;2-5H,1H3. The number of allylic oxidation sites excluding steroid dienone is 5. The van der Waals surface area contributed by atoms with Gasteiger partial charge in [-0.2, -0.15) is 0 Å². The SMILES string of the molecule is C1=CC(n2c3ccccc3c3cc(-c4cccc(-c5cccc(NC6CCCC=C6c6ccccc6)c5)c4)ccc32)=CCC1.Cc1cccnc1. The van der Waals surface area contributed by atoms with E-state index in [0.717, 1.165) is 25.7 Å². The van der Waals surface area contributed by atoms with Gasteiger partial charge in [-0.05, 0) is 127 Å². The third-order valence-corrected chi connectivity index (χ3v) is 9.99. The summed E-state index contributed by atoms with van der Waals surface area (Å²) in [5.74, 6) is 0. The largest absolute Gasteiger partial charge is 0.378 e. The average Bonchev–Trinajstić information content (AvgIpc) is 3.53. The highest BCUT2D eigenvalue weighted by Crippen LogP contribution is 2.37. The van der Waals surface area contributed by atoms with Gasteiger partial charge in [0.05, 0.1) is 17.1 Å². The van der Waals surface area contributed by atoms with Crippen LogP contribution in [0.1, 0.15) is 43.2 Å². The molecule has 2 aliphatic carbocycles. The van der Waals surface area contributed by atoms with Crippen LogP contribution in [0.2, 0.25) is 0 Å². The van der Waals surface area contributed by atoms with Crippen LogP contribution in [0.3, 0.4) is 0 Å². The second-order valence-corrected chi connectivity index (χ2v) is 13.5. The smallest absolute Gasteiger partial charge is 0.0541 e. The number of aromatic nitrogens is 2. The fourth-order valence-corrected chi connectivity index (χ4v) is 7.49. The van der Waals surface area contributed by atoms with Crippen molar-refractivity contribution in [1.29, 1.82) is 0 Å². The van der Waals surface area contributed by atoms with Crippen LogP contribution >= 0.6 is 0 Å². The molecule has 0 bridgehead atoms. The number of hydrogen-bond donors (Lipinski definition) is 1. The van der Waals surface area contributed by atoms with E-state index in [0.29, 0.717) is 6.04 Å². The van der Waals surface area contributed by atoms with E-state index in [1.807, 2.05) is 25.3 Å². The molecule has 0 aliphatic heterocycles. The highest BCUT2D eigenvalue weighted by Gasteiger charge is 2.19. The second kappa shape index (κ2) is 14.9. The number of benzene rings is 5. The molecule has 2 heterocycles. The number of hydrogen-bond acceptors (Lipinski definition) is 2. The maximum absolute atomic E-state index is 3.88. The first-order valence-electron chi connectivity index (χ1n) is 18.2. The van der Waals surface area contributed by atoms with Gasteiger partial charge in [0.25, 0.3) is 0 Å². The minimum absolute atomic E-state index is 0.321. The van der Waals surface area contributed by atoms with E-state index in [1.54, 1.807) is 6.20 Å². The highest BCUT2D eigenvalue weighted by molar-refractivity contribution is 6.11. The zero-order valence-corrected chi connectivity index (χ0v) is 29.2. The highest BCUT2D eigenvalue weighted by atomic mass is 15.0. The molecule has 2 aromatic heterocycles. The Hall–Kier alpha value is -5.93. The molecule has 1 N–H and O–H groups in total. The molecule has 9 rings (SSSR count). The number of rotatable bonds is 6. The molecule has 3 nitrogen and oxygen atoms in total. The summed E-state index contributed by atoms with van der Waals surface area (Å²) in [6.45, 7) is 2.02. The molecule has 0 fully saturated rings. The number of anilines is 1. The maximum atomic E-state index is 3.88. The lowest BCUT2D eigenvalue weighted by atomic mass is 9.89. The molecule has 2 aliphatic rings. The molecule has 0 saturated carbocycles. The first-order valence-corrected chi connectivity index (χ1v) is 18.2. The van der Waals surface area contributed by atoms with Gasteiger partial charge in [0, 0.05) is 34.6 Å². The molecule has 1 atom stereocenters. The van der Waals surface area contributed by atoms with Gasteiger partial charge in [-0.3, -0.25) is 4.98 Å². The Kier molecular flexibility index (Phi) is 9.43. The fraction of sp³-hybridized carbons (Fsp3) is 0.146. The Morgan fingerprint density at radius 3 is 2.12 bits per heavy atom. The quantitative estimate of drug-likeness (QED) is 0.192. The van der Waals surface area contributed by atoms with E-state index >= 15 is 0 Å². The van der Waals surface area contributed by atoms with Crippen molar-refractivity contribution < 1.29 is 0 Å². The lowest BCUT2D eigenvalue weighted by Crippen LogP contribution is -2.23. The Morgan fingerprint density at radius 1 is 0.608 bits per heavy atom. The normalized spacial score (nSPS) is 15.5. The zero-order chi connectivity index (χ0) is 34.4. The lowest BCUT2D eigenvalue weighted by molar-refractivity contribution is 0.687. The molecule has 3 heteroatoms. The van der Waals surface area contributed by atoms with Crippen LogP contribution in [0.15, 0.2) is 170 Å². The van der Waals surface area contributed by atoms with Crippen LogP contribution in [0, 0.1) is 6.92 Å². The minimum Gasteiger partial charge on any atom is -0.378 e. The Labute approximate surface area is 301 Å². The summed E-state index contributed by atoms with van der Waals surface area (Å²) in [6, 6.07) is 48.7. The van der Waals surface area contributed by atoms with Gasteiger partial charge in [0.2, 0.25) is 0 Å². The van der Waals surface area contributed by atoms with Crippen LogP contribution < -0.4 is 5.32 Å². The summed E-state index contributed by atoms with van der Waals surface area (Å²) >= 11 is 0. The van der Waals surface area contributed by atoms with Gasteiger partial charge in [-0.15, -0.1) is 0 Å². The van der Waals surface area contributed by atoms with E-state index in [9.17, 15) is 0 Å². The van der Waals surface area contributed by atoms with E-state index < -0.39 is 0 Å². The van der Waals surface area contributed by atoms with Gasteiger partial charge in [-0.25, -0.2) is 0 Å². The summed E-state index contributed by atoms with van der Waals surface area (Å²) < 4.78 is 2.42. The monoisotopic (exact) mass is 661 g/mol. The lowest BCUT2D eigenvalue weighted by Gasteiger charge is -2.27. The van der Waals surface area contributed by atoms with E-state index in [1.165, 1.54) is 78.6 Å². The molecule has 0 saturated heterocycles. The molecule has 0 spiro atoms. The van der Waals surface area contributed by atoms with Crippen molar-refractivity contribution in [3.8, 4) is 22.3 Å². The summed E-state index contributed by atoms with van der Waals surface area (Å²) in [4.78, 5) is 3.88. The van der Waals surface area contributed by atoms with Crippen molar-refractivity contribution in [2.45, 2.75) is 45.1 Å². The number of fused-ring (bicyclic) bond motifs is 3. The Bertz CT molecular complexity index is 2380. The molecule has 250 valence electrons. The molecular formula is C48H43N3. The maximum Gasteiger partial charge on any atom is 0.0541 e. The summed E-state index contributed by atoms with van der Waals surface area (Å²) in [7, 11) is 0. The molecule has 0 radical (unpaired) electrons. The van der Waals surface area contributed by atoms with Crippen molar-refractivity contribution in [2.24, 2.45) is 0 Å². The number of nitrogens with one attached hydrogen (secondary N) is 1. The average molecular weight is 662 g/mol. The molecule has 0 amide bonds. The molecule has 5 aromatic carbocycles. The summed E-state index contributed by atoms with van der Waals surface area (Å²) in [5, 5.41) is 6.47. The number of pyridine rings is 1. The first kappa shape index (κ1) is 32.3. The molecule has 51 heavy (non-hydrogen) atoms. The van der Waals surface area contributed by atoms with E-state index in [4.69, 9.17) is 0 Å². The van der Waals surface area contributed by atoms with Crippen molar-refractivity contribution in [1.82, 2.24) is 9.55 Å². The molecule has 7 aromatic rings. The van der Waals surface area contributed by atoms with Crippen LogP contribution in [-0.4, -0.2) is 15.6 Å². The number of nitrogens with zero attached hydrogens (tertiary/aromatic N) is 2. The zero-order valence-electron chi connectivity index (χ0n) is 29.2. The van der Waals surface area contributed by atoms with Crippen molar-refractivity contribution in [3.05, 3.63) is 181 Å². The fourth-order valence-electron chi connectivity index (χ4n) is 7.49. The molecular weight excluding hydrogens is 619 g/mol. The van der Waals surface area contributed by atoms with Gasteiger partial charge >= 0.3 is 0 Å². The van der Waals surface area contributed by atoms with Gasteiger partial charge in [0.1, 0.15) is 0 Å². The first-order chi connectivity index (χ1) is 25.2. The summed E-state index contributed by atoms with van der Waals surface area (Å²) in [6.07, 6.45) is 18.7. The summed E-state index contributed by atoms with van der Waals surface area (Å²) in [5.41, 5.74) is 13.8. The van der Waals surface area contributed by atoms with Crippen molar-refractivity contribution in [2.75, 3.05) is 5.32 Å². The minimum atomic E-state index is 0.321. The Morgan fingerprint density at radius 2 is 1.35 bits per heavy atom. The van der Waals surface area contributed by atoms with Crippen LogP contribution in [0.25, 0.3) is 55.3 Å². The Balaban J connectivity index is 0.000000480. The van der Waals surface area contributed by atoms with Crippen LogP contribution in [0.4, 0.5) is 5.69 Å². The van der Waals surface area contributed by atoms with Crippen LogP contribution in [-0.2, 0) is 0 Å². The number of para-hydroxylation sites is 1. The van der Waals surface area contributed by atoms with Gasteiger partial charge in [-0.1, -0.05) is 109 Å². The van der Waals surface area contributed by atoms with Gasteiger partial charge < -0.3 is 9.88 Å². The third kappa shape index (κ3) is 7.07. The predicted octanol–water partition coefficient (Wildman–Crippen LogP) is 12.8. The third-order valence-electron chi connectivity index (χ3n) is 9.99.